The molecule has 1 aromatic heterocycles. The summed E-state index contributed by atoms with van der Waals surface area (Å²) in [6.07, 6.45) is 12.5. The van der Waals surface area contributed by atoms with Gasteiger partial charge in [-0.05, 0) is 60.7 Å². The van der Waals surface area contributed by atoms with E-state index in [-0.39, 0.29) is 5.82 Å². The topological polar surface area (TPSA) is 22.1 Å². The molecule has 3 heteroatoms. The van der Waals surface area contributed by atoms with Gasteiger partial charge in [-0.2, -0.15) is 0 Å². The van der Waals surface area contributed by atoms with E-state index in [2.05, 4.69) is 31.0 Å². The molecule has 0 spiro atoms. The zero-order valence-electron chi connectivity index (χ0n) is 19.6. The predicted octanol–water partition coefficient (Wildman–Crippen LogP) is 8.64. The first kappa shape index (κ1) is 24.0. The first-order valence-electron chi connectivity index (χ1n) is 12.2. The van der Waals surface area contributed by atoms with Gasteiger partial charge in [-0.3, -0.25) is 4.98 Å². The smallest absolute Gasteiger partial charge is 0.132 e. The first-order valence-corrected chi connectivity index (χ1v) is 12.2. The van der Waals surface area contributed by atoms with Gasteiger partial charge in [0.25, 0.3) is 0 Å². The van der Waals surface area contributed by atoms with E-state index in [9.17, 15) is 4.39 Å². The molecule has 3 aromatic rings. The van der Waals surface area contributed by atoms with E-state index in [0.717, 1.165) is 54.7 Å². The lowest BCUT2D eigenvalue weighted by Crippen LogP contribution is -1.97. The summed E-state index contributed by atoms with van der Waals surface area (Å²) >= 11 is 0. The zero-order valence-corrected chi connectivity index (χ0v) is 19.6. The van der Waals surface area contributed by atoms with E-state index in [1.54, 1.807) is 6.07 Å². The summed E-state index contributed by atoms with van der Waals surface area (Å²) in [5.74, 6) is 0.697. The monoisotopic (exact) mass is 433 g/mol. The molecular weight excluding hydrogens is 397 g/mol. The van der Waals surface area contributed by atoms with Gasteiger partial charge in [0.15, 0.2) is 0 Å². The fourth-order valence-corrected chi connectivity index (χ4v) is 3.84. The normalized spacial score (nSPS) is 11.0. The van der Waals surface area contributed by atoms with Crippen LogP contribution in [0.3, 0.4) is 0 Å². The van der Waals surface area contributed by atoms with Gasteiger partial charge in [0, 0.05) is 17.3 Å². The Balaban J connectivity index is 1.54. The number of rotatable bonds is 13. The van der Waals surface area contributed by atoms with Gasteiger partial charge in [-0.25, -0.2) is 4.39 Å². The maximum absolute atomic E-state index is 14.6. The van der Waals surface area contributed by atoms with Crippen LogP contribution in [0.15, 0.2) is 60.8 Å². The number of nitrogens with zero attached hydrogens (tertiary/aromatic N) is 1. The molecule has 170 valence electrons. The lowest BCUT2D eigenvalue weighted by Gasteiger charge is -2.09. The van der Waals surface area contributed by atoms with Crippen molar-refractivity contribution in [3.05, 3.63) is 72.2 Å². The molecule has 2 nitrogen and oxygen atoms in total. The van der Waals surface area contributed by atoms with Crippen molar-refractivity contribution in [3.8, 4) is 28.1 Å². The number of ether oxygens (including phenoxy) is 1. The van der Waals surface area contributed by atoms with Crippen LogP contribution in [0, 0.1) is 5.82 Å². The highest BCUT2D eigenvalue weighted by Gasteiger charge is 2.08. The van der Waals surface area contributed by atoms with Crippen molar-refractivity contribution in [2.75, 3.05) is 6.61 Å². The fourth-order valence-electron chi connectivity index (χ4n) is 3.84. The van der Waals surface area contributed by atoms with Crippen LogP contribution >= 0.6 is 0 Å². The molecule has 0 fully saturated rings. The molecule has 0 saturated heterocycles. The molecule has 0 saturated carbocycles. The first-order chi connectivity index (χ1) is 15.7. The van der Waals surface area contributed by atoms with Gasteiger partial charge in [0.2, 0.25) is 0 Å². The molecule has 0 aliphatic carbocycles. The molecule has 3 rings (SSSR count). The Labute approximate surface area is 192 Å². The second-order valence-electron chi connectivity index (χ2n) is 8.49. The van der Waals surface area contributed by atoms with Gasteiger partial charge in [-0.1, -0.05) is 76.6 Å². The van der Waals surface area contributed by atoms with Crippen molar-refractivity contribution in [3.63, 3.8) is 0 Å². The second kappa shape index (κ2) is 13.0. The highest BCUT2D eigenvalue weighted by molar-refractivity contribution is 5.67. The predicted molar refractivity (Wildman–Crippen MR) is 133 cm³/mol. The van der Waals surface area contributed by atoms with Gasteiger partial charge in [0.05, 0.1) is 12.3 Å². The van der Waals surface area contributed by atoms with Crippen molar-refractivity contribution in [1.29, 1.82) is 0 Å². The molecule has 1 heterocycles. The largest absolute Gasteiger partial charge is 0.494 e. The minimum atomic E-state index is -0.203. The second-order valence-corrected chi connectivity index (χ2v) is 8.49. The average molecular weight is 434 g/mol. The number of halogens is 1. The quantitative estimate of drug-likeness (QED) is 0.252. The third kappa shape index (κ3) is 7.19. The van der Waals surface area contributed by atoms with E-state index in [4.69, 9.17) is 4.74 Å². The number of benzene rings is 2. The summed E-state index contributed by atoms with van der Waals surface area (Å²) in [5.41, 5.74) is 4.34. The Kier molecular flexibility index (Phi) is 9.74. The Bertz CT molecular complexity index is 934. The SMILES string of the molecule is CCCCCCCCOc1ccc(-c2ccc(-c3ccc(CCCC)cc3F)nc2)cc1. The van der Waals surface area contributed by atoms with Crippen molar-refractivity contribution in [2.45, 2.75) is 71.6 Å². The van der Waals surface area contributed by atoms with Crippen LogP contribution < -0.4 is 4.74 Å². The van der Waals surface area contributed by atoms with E-state index in [0.29, 0.717) is 11.3 Å². The van der Waals surface area contributed by atoms with Crippen LogP contribution in [0.2, 0.25) is 0 Å². The maximum atomic E-state index is 14.6. The van der Waals surface area contributed by atoms with E-state index < -0.39 is 0 Å². The Hall–Kier alpha value is -2.68. The number of pyridine rings is 1. The third-order valence-corrected chi connectivity index (χ3v) is 5.85. The highest BCUT2D eigenvalue weighted by Crippen LogP contribution is 2.26. The Morgan fingerprint density at radius 2 is 1.47 bits per heavy atom. The summed E-state index contributed by atoms with van der Waals surface area (Å²) in [6.45, 7) is 5.15. The Morgan fingerprint density at radius 1 is 0.750 bits per heavy atom. The minimum absolute atomic E-state index is 0.203. The van der Waals surface area contributed by atoms with Crippen molar-refractivity contribution in [2.24, 2.45) is 0 Å². The zero-order chi connectivity index (χ0) is 22.6. The van der Waals surface area contributed by atoms with Crippen LogP contribution in [-0.2, 0) is 6.42 Å². The molecular formula is C29H36FNO. The van der Waals surface area contributed by atoms with Crippen molar-refractivity contribution >= 4 is 0 Å². The average Bonchev–Trinajstić information content (AvgIpc) is 2.83. The molecule has 2 aromatic carbocycles. The molecule has 32 heavy (non-hydrogen) atoms. The van der Waals surface area contributed by atoms with E-state index in [1.165, 1.54) is 32.1 Å². The number of unbranched alkanes of at least 4 members (excludes halogenated alkanes) is 6. The number of aryl methyl sites for hydroxylation is 1. The fraction of sp³-hybridized carbons (Fsp3) is 0.414. The van der Waals surface area contributed by atoms with Gasteiger partial charge >= 0.3 is 0 Å². The lowest BCUT2D eigenvalue weighted by atomic mass is 10.0. The van der Waals surface area contributed by atoms with Crippen LogP contribution in [0.5, 0.6) is 5.75 Å². The summed E-state index contributed by atoms with van der Waals surface area (Å²) in [6, 6.07) is 17.5. The standard InChI is InChI=1S/C29H36FNO/c1-3-5-7-8-9-10-20-32-26-16-13-24(14-17-26)25-15-19-29(31-22-25)27-18-12-23(11-6-4-2)21-28(27)30/h12-19,21-22H,3-11,20H2,1-2H3. The minimum Gasteiger partial charge on any atom is -0.494 e. The summed E-state index contributed by atoms with van der Waals surface area (Å²) < 4.78 is 20.5. The molecule has 0 aliphatic rings. The van der Waals surface area contributed by atoms with Crippen LogP contribution in [0.25, 0.3) is 22.4 Å². The maximum Gasteiger partial charge on any atom is 0.132 e. The number of hydrogen-bond acceptors (Lipinski definition) is 2. The molecule has 0 atom stereocenters. The van der Waals surface area contributed by atoms with Crippen LogP contribution in [-0.4, -0.2) is 11.6 Å². The number of hydrogen-bond donors (Lipinski definition) is 0. The van der Waals surface area contributed by atoms with Gasteiger partial charge < -0.3 is 4.74 Å². The van der Waals surface area contributed by atoms with Gasteiger partial charge in [0.1, 0.15) is 11.6 Å². The molecule has 0 amide bonds. The van der Waals surface area contributed by atoms with Crippen molar-refractivity contribution in [1.82, 2.24) is 4.98 Å². The van der Waals surface area contributed by atoms with Gasteiger partial charge in [-0.15, -0.1) is 0 Å². The Morgan fingerprint density at radius 3 is 2.16 bits per heavy atom. The molecule has 0 unspecified atom stereocenters. The molecule has 0 bridgehead atoms. The summed E-state index contributed by atoms with van der Waals surface area (Å²) in [4.78, 5) is 4.52. The van der Waals surface area contributed by atoms with E-state index >= 15 is 0 Å². The molecule has 0 N–H and O–H groups in total. The summed E-state index contributed by atoms with van der Waals surface area (Å²) in [7, 11) is 0. The van der Waals surface area contributed by atoms with Crippen LogP contribution in [0.1, 0.15) is 70.8 Å². The molecule has 0 aliphatic heterocycles. The lowest BCUT2D eigenvalue weighted by molar-refractivity contribution is 0.304. The highest BCUT2D eigenvalue weighted by atomic mass is 19.1. The number of aromatic nitrogens is 1. The van der Waals surface area contributed by atoms with Crippen LogP contribution in [0.4, 0.5) is 4.39 Å². The molecule has 0 radical (unpaired) electrons. The third-order valence-electron chi connectivity index (χ3n) is 5.85. The van der Waals surface area contributed by atoms with E-state index in [1.807, 2.05) is 42.6 Å². The summed E-state index contributed by atoms with van der Waals surface area (Å²) in [5, 5.41) is 0. The van der Waals surface area contributed by atoms with Crippen molar-refractivity contribution < 1.29 is 9.13 Å².